The van der Waals surface area contributed by atoms with Crippen molar-refractivity contribution in [2.45, 2.75) is 45.1 Å². The molecule has 2 fully saturated rings. The maximum Gasteiger partial charge on any atom is 0.230 e. The lowest BCUT2D eigenvalue weighted by Gasteiger charge is -2.31. The zero-order valence-electron chi connectivity index (χ0n) is 17.9. The summed E-state index contributed by atoms with van der Waals surface area (Å²) in [6.45, 7) is 2.05. The molecule has 1 amide bonds. The highest BCUT2D eigenvalue weighted by atomic mass is 127. The van der Waals surface area contributed by atoms with Crippen LogP contribution in [0, 0.1) is 11.3 Å². The number of hydrogen-bond acceptors (Lipinski definition) is 3. The second kappa shape index (κ2) is 11.0. The van der Waals surface area contributed by atoms with Gasteiger partial charge in [0.25, 0.3) is 0 Å². The van der Waals surface area contributed by atoms with Crippen LogP contribution in [0.5, 0.6) is 5.75 Å². The molecule has 0 radical (unpaired) electrons. The van der Waals surface area contributed by atoms with E-state index in [1.54, 1.807) is 11.9 Å². The Hall–Kier alpha value is -1.51. The van der Waals surface area contributed by atoms with Gasteiger partial charge in [0, 0.05) is 39.8 Å². The monoisotopic (exact) mass is 514 g/mol. The molecule has 0 atom stereocenters. The molecule has 7 heteroatoms. The van der Waals surface area contributed by atoms with Gasteiger partial charge in [0.2, 0.25) is 5.91 Å². The summed E-state index contributed by atoms with van der Waals surface area (Å²) in [6, 6.07) is 8.14. The minimum absolute atomic E-state index is 0. The number of halogens is 1. The number of aliphatic imine (C=N–C) groups is 1. The Bertz CT molecular complexity index is 698. The Morgan fingerprint density at radius 2 is 1.90 bits per heavy atom. The lowest BCUT2D eigenvalue weighted by atomic mass is 9.84. The molecule has 0 saturated heterocycles. The normalized spacial score (nSPS) is 18.0. The summed E-state index contributed by atoms with van der Waals surface area (Å²) in [7, 11) is 5.45. The molecule has 0 unspecified atom stereocenters. The van der Waals surface area contributed by atoms with Gasteiger partial charge in [-0.25, -0.2) is 0 Å². The summed E-state index contributed by atoms with van der Waals surface area (Å²) in [5, 5.41) is 6.76. The molecule has 2 aliphatic rings. The third-order valence-corrected chi connectivity index (χ3v) is 5.83. The number of carbonyl (C=O) groups is 1. The third kappa shape index (κ3) is 6.49. The highest BCUT2D eigenvalue weighted by molar-refractivity contribution is 14.0. The zero-order chi connectivity index (χ0) is 20.0. The van der Waals surface area contributed by atoms with E-state index in [0.717, 1.165) is 55.5 Å². The molecule has 162 valence electrons. The molecule has 2 saturated carbocycles. The van der Waals surface area contributed by atoms with Crippen molar-refractivity contribution >= 4 is 35.8 Å². The molecule has 1 aromatic carbocycles. The molecule has 0 aliphatic heterocycles. The molecule has 29 heavy (non-hydrogen) atoms. The van der Waals surface area contributed by atoms with Crippen molar-refractivity contribution in [3.05, 3.63) is 29.8 Å². The van der Waals surface area contributed by atoms with Crippen LogP contribution in [-0.2, 0) is 11.3 Å². The molecule has 0 heterocycles. The Kier molecular flexibility index (Phi) is 9.04. The van der Waals surface area contributed by atoms with Crippen LogP contribution in [0.2, 0.25) is 0 Å². The predicted molar refractivity (Wildman–Crippen MR) is 128 cm³/mol. The number of carbonyl (C=O) groups excluding carboxylic acids is 1. The van der Waals surface area contributed by atoms with Crippen molar-refractivity contribution in [2.24, 2.45) is 16.3 Å². The average molecular weight is 514 g/mol. The lowest BCUT2D eigenvalue weighted by molar-refractivity contribution is -0.138. The fraction of sp³-hybridized carbons (Fsp3) is 0.636. The molecular formula is C22H35IN4O2. The molecule has 0 bridgehead atoms. The first-order valence-corrected chi connectivity index (χ1v) is 10.4. The van der Waals surface area contributed by atoms with Crippen LogP contribution in [0.15, 0.2) is 29.3 Å². The van der Waals surface area contributed by atoms with Crippen LogP contribution >= 0.6 is 24.0 Å². The van der Waals surface area contributed by atoms with Gasteiger partial charge in [-0.05, 0) is 37.7 Å². The summed E-state index contributed by atoms with van der Waals surface area (Å²) in [5.74, 6) is 2.60. The van der Waals surface area contributed by atoms with Crippen molar-refractivity contribution in [3.63, 3.8) is 0 Å². The fourth-order valence-corrected chi connectivity index (χ4v) is 3.93. The van der Waals surface area contributed by atoms with Gasteiger partial charge >= 0.3 is 0 Å². The van der Waals surface area contributed by atoms with Crippen LogP contribution in [0.3, 0.4) is 0 Å². The smallest absolute Gasteiger partial charge is 0.230 e. The van der Waals surface area contributed by atoms with Gasteiger partial charge in [-0.2, -0.15) is 0 Å². The first kappa shape index (κ1) is 23.8. The van der Waals surface area contributed by atoms with Crippen LogP contribution in [0.1, 0.15) is 44.1 Å². The number of nitrogens with one attached hydrogen (secondary N) is 2. The quantitative estimate of drug-likeness (QED) is 0.317. The minimum Gasteiger partial charge on any atom is -0.493 e. The Balaban J connectivity index is 0.00000300. The van der Waals surface area contributed by atoms with Crippen LogP contribution in [-0.4, -0.2) is 51.1 Å². The number of nitrogens with zero attached hydrogens (tertiary/aromatic N) is 2. The molecule has 0 aromatic heterocycles. The summed E-state index contributed by atoms with van der Waals surface area (Å²) >= 11 is 0. The molecule has 3 rings (SSSR count). The van der Waals surface area contributed by atoms with E-state index >= 15 is 0 Å². The molecule has 1 aromatic rings. The van der Waals surface area contributed by atoms with Gasteiger partial charge in [-0.1, -0.05) is 31.0 Å². The summed E-state index contributed by atoms with van der Waals surface area (Å²) in [4.78, 5) is 18.8. The second-order valence-electron chi connectivity index (χ2n) is 8.33. The predicted octanol–water partition coefficient (Wildman–Crippen LogP) is 3.41. The Morgan fingerprint density at radius 1 is 1.21 bits per heavy atom. The van der Waals surface area contributed by atoms with E-state index in [0.29, 0.717) is 13.1 Å². The van der Waals surface area contributed by atoms with Crippen molar-refractivity contribution < 1.29 is 9.53 Å². The largest absolute Gasteiger partial charge is 0.493 e. The van der Waals surface area contributed by atoms with E-state index in [1.165, 1.54) is 12.8 Å². The SMILES string of the molecule is CN=C(NCc1ccccc1OCC1CC1)NCC1(C(=O)N(C)C)CCCC1.I. The van der Waals surface area contributed by atoms with Crippen LogP contribution < -0.4 is 15.4 Å². The fourth-order valence-electron chi connectivity index (χ4n) is 3.93. The summed E-state index contributed by atoms with van der Waals surface area (Å²) in [5.41, 5.74) is 0.804. The van der Waals surface area contributed by atoms with Crippen molar-refractivity contribution in [2.75, 3.05) is 34.3 Å². The standard InChI is InChI=1S/C22H34N4O2.HI/c1-23-21(25-16-22(12-6-7-13-22)20(27)26(2)3)24-14-18-8-4-5-9-19(18)28-15-17-10-11-17;/h4-5,8-9,17H,6-7,10-16H2,1-3H3,(H2,23,24,25);1H. The number of amides is 1. The molecule has 6 nitrogen and oxygen atoms in total. The number of ether oxygens (including phenoxy) is 1. The van der Waals surface area contributed by atoms with E-state index in [1.807, 2.05) is 32.3 Å². The maximum atomic E-state index is 12.7. The Labute approximate surface area is 191 Å². The van der Waals surface area contributed by atoms with Gasteiger partial charge < -0.3 is 20.3 Å². The Morgan fingerprint density at radius 3 is 2.52 bits per heavy atom. The number of rotatable bonds is 8. The molecular weight excluding hydrogens is 479 g/mol. The first-order valence-electron chi connectivity index (χ1n) is 10.4. The zero-order valence-corrected chi connectivity index (χ0v) is 20.2. The van der Waals surface area contributed by atoms with E-state index in [-0.39, 0.29) is 35.3 Å². The molecule has 0 spiro atoms. The highest BCUT2D eigenvalue weighted by Gasteiger charge is 2.42. The van der Waals surface area contributed by atoms with Gasteiger partial charge in [0.1, 0.15) is 5.75 Å². The molecule has 2 N–H and O–H groups in total. The maximum absolute atomic E-state index is 12.7. The average Bonchev–Trinajstić information content (AvgIpc) is 3.42. The topological polar surface area (TPSA) is 66.0 Å². The van der Waals surface area contributed by atoms with E-state index in [2.05, 4.69) is 21.7 Å². The third-order valence-electron chi connectivity index (χ3n) is 5.83. The van der Waals surface area contributed by atoms with E-state index < -0.39 is 0 Å². The van der Waals surface area contributed by atoms with Gasteiger partial charge in [-0.15, -0.1) is 24.0 Å². The lowest BCUT2D eigenvalue weighted by Crippen LogP contribution is -2.49. The van der Waals surface area contributed by atoms with E-state index in [9.17, 15) is 4.79 Å². The van der Waals surface area contributed by atoms with Crippen LogP contribution in [0.4, 0.5) is 0 Å². The number of hydrogen-bond donors (Lipinski definition) is 2. The first-order chi connectivity index (χ1) is 13.5. The van der Waals surface area contributed by atoms with Gasteiger partial charge in [-0.3, -0.25) is 9.79 Å². The van der Waals surface area contributed by atoms with Gasteiger partial charge in [0.15, 0.2) is 5.96 Å². The van der Waals surface area contributed by atoms with Crippen molar-refractivity contribution in [3.8, 4) is 5.75 Å². The summed E-state index contributed by atoms with van der Waals surface area (Å²) in [6.07, 6.45) is 6.66. The number of para-hydroxylation sites is 1. The number of benzene rings is 1. The van der Waals surface area contributed by atoms with Crippen molar-refractivity contribution in [1.82, 2.24) is 15.5 Å². The number of guanidine groups is 1. The van der Waals surface area contributed by atoms with Gasteiger partial charge in [0.05, 0.1) is 12.0 Å². The highest BCUT2D eigenvalue weighted by Crippen LogP contribution is 2.39. The molecule has 2 aliphatic carbocycles. The second-order valence-corrected chi connectivity index (χ2v) is 8.33. The van der Waals surface area contributed by atoms with Crippen molar-refractivity contribution in [1.29, 1.82) is 0 Å². The van der Waals surface area contributed by atoms with Crippen LogP contribution in [0.25, 0.3) is 0 Å². The van der Waals surface area contributed by atoms with E-state index in [4.69, 9.17) is 4.74 Å². The summed E-state index contributed by atoms with van der Waals surface area (Å²) < 4.78 is 5.99. The minimum atomic E-state index is -0.313.